The van der Waals surface area contributed by atoms with E-state index in [2.05, 4.69) is 10.2 Å². The Hall–Kier alpha value is -2.89. The second-order valence-corrected chi connectivity index (χ2v) is 9.92. The highest BCUT2D eigenvalue weighted by molar-refractivity contribution is 7.91. The number of piperazine rings is 1. The molecule has 33 heavy (non-hydrogen) atoms. The monoisotopic (exact) mass is 486 g/mol. The Morgan fingerprint density at radius 2 is 1.79 bits per heavy atom. The van der Waals surface area contributed by atoms with Crippen LogP contribution < -0.4 is 9.64 Å². The quantitative estimate of drug-likeness (QED) is 0.594. The van der Waals surface area contributed by atoms with Crippen LogP contribution in [0.3, 0.4) is 0 Å². The number of amides is 1. The maximum atomic E-state index is 12.9. The number of anilines is 1. The maximum Gasteiger partial charge on any atom is 0.435 e. The van der Waals surface area contributed by atoms with E-state index >= 15 is 0 Å². The third kappa shape index (κ3) is 5.92. The van der Waals surface area contributed by atoms with Crippen molar-refractivity contribution in [1.82, 2.24) is 15.1 Å². The molecular formula is C21H25F3N4O4S. The Bertz CT molecular complexity index is 1070. The molecule has 0 bridgehead atoms. The second-order valence-electron chi connectivity index (χ2n) is 7.49. The molecule has 1 amide bonds. The van der Waals surface area contributed by atoms with Crippen LogP contribution in [0.4, 0.5) is 19.0 Å². The molecule has 1 aromatic carbocycles. The summed E-state index contributed by atoms with van der Waals surface area (Å²) in [6, 6.07) is 8.52. The van der Waals surface area contributed by atoms with Crippen LogP contribution in [0.1, 0.15) is 36.3 Å². The van der Waals surface area contributed by atoms with Crippen molar-refractivity contribution in [2.24, 2.45) is 0 Å². The summed E-state index contributed by atoms with van der Waals surface area (Å²) in [5.41, 5.74) is -1.68. The van der Waals surface area contributed by atoms with Crippen molar-refractivity contribution >= 4 is 21.6 Å². The lowest BCUT2D eigenvalue weighted by molar-refractivity contribution is -0.141. The summed E-state index contributed by atoms with van der Waals surface area (Å²) in [4.78, 5) is 16.3. The van der Waals surface area contributed by atoms with E-state index in [9.17, 15) is 26.4 Å². The van der Waals surface area contributed by atoms with E-state index in [1.807, 2.05) is 0 Å². The van der Waals surface area contributed by atoms with Gasteiger partial charge in [-0.15, -0.1) is 10.2 Å². The van der Waals surface area contributed by atoms with Crippen LogP contribution in [0.2, 0.25) is 0 Å². The van der Waals surface area contributed by atoms with E-state index in [4.69, 9.17) is 4.74 Å². The molecule has 1 aliphatic heterocycles. The van der Waals surface area contributed by atoms with Gasteiger partial charge in [-0.3, -0.25) is 4.79 Å². The highest BCUT2D eigenvalue weighted by Crippen LogP contribution is 2.28. The zero-order valence-corrected chi connectivity index (χ0v) is 19.1. The molecule has 0 spiro atoms. The summed E-state index contributed by atoms with van der Waals surface area (Å²) in [7, 11) is -3.40. The zero-order chi connectivity index (χ0) is 24.2. The molecule has 3 rings (SSSR count). The van der Waals surface area contributed by atoms with E-state index < -0.39 is 27.1 Å². The molecule has 0 radical (unpaired) electrons. The minimum atomic E-state index is -4.55. The number of carbonyl (C=O) groups excluding carboxylic acids is 1. The van der Waals surface area contributed by atoms with Gasteiger partial charge in [-0.25, -0.2) is 8.42 Å². The minimum Gasteiger partial charge on any atom is -0.475 e. The first-order valence-corrected chi connectivity index (χ1v) is 12.2. The predicted octanol–water partition coefficient (Wildman–Crippen LogP) is 3.01. The molecule has 1 atom stereocenters. The highest BCUT2D eigenvalue weighted by Gasteiger charge is 2.33. The van der Waals surface area contributed by atoms with Gasteiger partial charge in [0.25, 0.3) is 5.91 Å². The molecule has 1 aliphatic rings. The number of halogens is 3. The van der Waals surface area contributed by atoms with E-state index in [1.165, 1.54) is 12.1 Å². The standard InChI is InChI=1S/C21H25F3N4O4S/c1-3-19(33(30,31)4-2)32-16-7-5-6-15(14-16)20(29)28-12-10-27(11-13-28)18-9-8-17(25-26-18)21(22,23)24/h5-9,14,19H,3-4,10-13H2,1-2H3. The molecule has 0 saturated carbocycles. The van der Waals surface area contributed by atoms with Crippen molar-refractivity contribution in [2.45, 2.75) is 31.9 Å². The molecule has 1 aromatic heterocycles. The first kappa shape index (κ1) is 24.7. The molecule has 1 unspecified atom stereocenters. The number of nitrogens with zero attached hydrogens (tertiary/aromatic N) is 4. The van der Waals surface area contributed by atoms with Crippen LogP contribution in [-0.2, 0) is 16.0 Å². The summed E-state index contributed by atoms with van der Waals surface area (Å²) < 4.78 is 67.9. The van der Waals surface area contributed by atoms with Crippen molar-refractivity contribution < 1.29 is 31.1 Å². The van der Waals surface area contributed by atoms with Crippen LogP contribution in [0, 0.1) is 0 Å². The van der Waals surface area contributed by atoms with Crippen molar-refractivity contribution in [3.05, 3.63) is 47.7 Å². The largest absolute Gasteiger partial charge is 0.475 e. The Labute approximate surface area is 190 Å². The van der Waals surface area contributed by atoms with Gasteiger partial charge in [-0.2, -0.15) is 13.2 Å². The summed E-state index contributed by atoms with van der Waals surface area (Å²) >= 11 is 0. The number of hydrogen-bond donors (Lipinski definition) is 0. The predicted molar refractivity (Wildman–Crippen MR) is 116 cm³/mol. The summed E-state index contributed by atoms with van der Waals surface area (Å²) in [6.45, 7) is 4.72. The van der Waals surface area contributed by atoms with E-state index in [1.54, 1.807) is 41.8 Å². The summed E-state index contributed by atoms with van der Waals surface area (Å²) in [5, 5.41) is 6.89. The van der Waals surface area contributed by atoms with Crippen molar-refractivity contribution in [2.75, 3.05) is 36.8 Å². The Morgan fingerprint density at radius 1 is 1.09 bits per heavy atom. The molecule has 12 heteroatoms. The second kappa shape index (κ2) is 9.94. The number of carbonyl (C=O) groups is 1. The van der Waals surface area contributed by atoms with Gasteiger partial charge in [-0.1, -0.05) is 19.9 Å². The average Bonchev–Trinajstić information content (AvgIpc) is 2.81. The first-order chi connectivity index (χ1) is 15.5. The molecule has 0 N–H and O–H groups in total. The zero-order valence-electron chi connectivity index (χ0n) is 18.2. The molecule has 2 aromatic rings. The lowest BCUT2D eigenvalue weighted by Gasteiger charge is -2.35. The third-order valence-electron chi connectivity index (χ3n) is 5.32. The van der Waals surface area contributed by atoms with Gasteiger partial charge in [0.05, 0.1) is 5.75 Å². The van der Waals surface area contributed by atoms with Gasteiger partial charge in [0.1, 0.15) is 5.75 Å². The van der Waals surface area contributed by atoms with Gasteiger partial charge in [-0.05, 0) is 36.8 Å². The fraction of sp³-hybridized carbons (Fsp3) is 0.476. The fourth-order valence-corrected chi connectivity index (χ4v) is 4.55. The lowest BCUT2D eigenvalue weighted by Crippen LogP contribution is -2.49. The SMILES string of the molecule is CCC(Oc1cccc(C(=O)N2CCN(c3ccc(C(F)(F)F)nn3)CC2)c1)S(=O)(=O)CC. The molecule has 180 valence electrons. The first-order valence-electron chi connectivity index (χ1n) is 10.5. The molecule has 0 aliphatic carbocycles. The molecule has 2 heterocycles. The number of hydrogen-bond acceptors (Lipinski definition) is 7. The Kier molecular flexibility index (Phi) is 7.45. The van der Waals surface area contributed by atoms with Crippen molar-refractivity contribution in [3.63, 3.8) is 0 Å². The molecule has 1 saturated heterocycles. The third-order valence-corrected chi connectivity index (χ3v) is 7.35. The summed E-state index contributed by atoms with van der Waals surface area (Å²) in [5.74, 6) is 0.319. The van der Waals surface area contributed by atoms with E-state index in [0.29, 0.717) is 43.3 Å². The van der Waals surface area contributed by atoms with Gasteiger partial charge >= 0.3 is 6.18 Å². The van der Waals surface area contributed by atoms with Gasteiger partial charge < -0.3 is 14.5 Å². The summed E-state index contributed by atoms with van der Waals surface area (Å²) in [6.07, 6.45) is -4.27. The normalized spacial score (nSPS) is 15.9. The Balaban J connectivity index is 1.63. The number of benzene rings is 1. The number of aromatic nitrogens is 2. The molecular weight excluding hydrogens is 461 g/mol. The maximum absolute atomic E-state index is 12.9. The number of ether oxygens (including phenoxy) is 1. The topological polar surface area (TPSA) is 92.7 Å². The average molecular weight is 487 g/mol. The van der Waals surface area contributed by atoms with Gasteiger partial charge in [0.2, 0.25) is 0 Å². The minimum absolute atomic E-state index is 0.0439. The fourth-order valence-electron chi connectivity index (χ4n) is 3.42. The van der Waals surface area contributed by atoms with Crippen LogP contribution in [-0.4, -0.2) is 66.8 Å². The van der Waals surface area contributed by atoms with Gasteiger partial charge in [0.15, 0.2) is 26.8 Å². The Morgan fingerprint density at radius 3 is 2.33 bits per heavy atom. The van der Waals surface area contributed by atoms with Crippen LogP contribution in [0.15, 0.2) is 36.4 Å². The van der Waals surface area contributed by atoms with Crippen molar-refractivity contribution in [3.8, 4) is 5.75 Å². The lowest BCUT2D eigenvalue weighted by atomic mass is 10.1. The number of alkyl halides is 3. The number of sulfone groups is 1. The van der Waals surface area contributed by atoms with Crippen LogP contribution >= 0.6 is 0 Å². The highest BCUT2D eigenvalue weighted by atomic mass is 32.2. The van der Waals surface area contributed by atoms with Gasteiger partial charge in [0, 0.05) is 31.7 Å². The molecule has 8 nitrogen and oxygen atoms in total. The number of rotatable bonds is 7. The van der Waals surface area contributed by atoms with Crippen molar-refractivity contribution in [1.29, 1.82) is 0 Å². The van der Waals surface area contributed by atoms with E-state index in [0.717, 1.165) is 6.07 Å². The van der Waals surface area contributed by atoms with Crippen LogP contribution in [0.5, 0.6) is 5.75 Å². The molecule has 1 fully saturated rings. The smallest absolute Gasteiger partial charge is 0.435 e. The van der Waals surface area contributed by atoms with Crippen LogP contribution in [0.25, 0.3) is 0 Å². The van der Waals surface area contributed by atoms with E-state index in [-0.39, 0.29) is 18.1 Å².